The number of nitrogens with zero attached hydrogens (tertiary/aromatic N) is 2. The van der Waals surface area contributed by atoms with Gasteiger partial charge in [-0.05, 0) is 49.7 Å². The Balaban J connectivity index is 1.75. The number of amides is 1. The average molecular weight is 546 g/mol. The summed E-state index contributed by atoms with van der Waals surface area (Å²) in [5, 5.41) is 3.11. The van der Waals surface area contributed by atoms with E-state index in [4.69, 9.17) is 11.6 Å². The molecule has 0 spiro atoms. The van der Waals surface area contributed by atoms with Gasteiger partial charge in [0.05, 0.1) is 10.8 Å². The van der Waals surface area contributed by atoms with Gasteiger partial charge in [-0.2, -0.15) is 0 Å². The molecule has 0 radical (unpaired) electrons. The van der Waals surface area contributed by atoms with Crippen molar-refractivity contribution in [2.45, 2.75) is 51.2 Å². The number of nitrogens with one attached hydrogen (secondary N) is 1. The quantitative estimate of drug-likeness (QED) is 0.489. The molecule has 1 N–H and O–H groups in total. The van der Waals surface area contributed by atoms with Crippen LogP contribution in [0.15, 0.2) is 41.3 Å². The maximum absolute atomic E-state index is 13.1. The van der Waals surface area contributed by atoms with Crippen molar-refractivity contribution in [1.82, 2.24) is 15.1 Å². The van der Waals surface area contributed by atoms with Crippen molar-refractivity contribution < 1.29 is 26.9 Å². The first-order valence-corrected chi connectivity index (χ1v) is 13.5. The Morgan fingerprint density at radius 3 is 2.42 bits per heavy atom. The summed E-state index contributed by atoms with van der Waals surface area (Å²) in [6.45, 7) is 9.45. The molecule has 198 valence electrons. The van der Waals surface area contributed by atoms with Gasteiger partial charge in [0.25, 0.3) is 5.91 Å². The van der Waals surface area contributed by atoms with Crippen molar-refractivity contribution in [2.24, 2.45) is 0 Å². The van der Waals surface area contributed by atoms with Crippen LogP contribution >= 0.6 is 11.6 Å². The molecule has 2 aromatic rings. The molecule has 0 aromatic heterocycles. The van der Waals surface area contributed by atoms with Crippen molar-refractivity contribution in [3.8, 4) is 5.75 Å². The van der Waals surface area contributed by atoms with Gasteiger partial charge in [-0.25, -0.2) is 0 Å². The average Bonchev–Trinajstić information content (AvgIpc) is 2.82. The minimum Gasteiger partial charge on any atom is -0.405 e. The van der Waals surface area contributed by atoms with Crippen LogP contribution in [-0.4, -0.2) is 64.3 Å². The molecule has 3 rings (SSSR count). The number of carbonyl (C=O) groups excluding carboxylic acids is 1. The molecule has 0 aliphatic carbocycles. The Labute approximate surface area is 217 Å². The van der Waals surface area contributed by atoms with Crippen molar-refractivity contribution >= 4 is 28.3 Å². The highest BCUT2D eigenvalue weighted by molar-refractivity contribution is 7.85. The zero-order valence-electron chi connectivity index (χ0n) is 20.5. The summed E-state index contributed by atoms with van der Waals surface area (Å²) < 4.78 is 56.1. The topological polar surface area (TPSA) is 61.9 Å². The first-order chi connectivity index (χ1) is 17.0. The first-order valence-electron chi connectivity index (χ1n) is 11.8. The Morgan fingerprint density at radius 1 is 1.11 bits per heavy atom. The lowest BCUT2D eigenvalue weighted by atomic mass is 10.1. The minimum atomic E-state index is -4.89. The summed E-state index contributed by atoms with van der Waals surface area (Å²) in [6, 6.07) is 9.41. The molecule has 1 heterocycles. The maximum atomic E-state index is 13.1. The van der Waals surface area contributed by atoms with Gasteiger partial charge in [0.2, 0.25) is 0 Å². The normalized spacial score (nSPS) is 16.2. The van der Waals surface area contributed by atoms with Crippen molar-refractivity contribution in [3.05, 3.63) is 58.1 Å². The zero-order chi connectivity index (χ0) is 26.5. The highest BCUT2D eigenvalue weighted by Crippen LogP contribution is 2.29. The molecular weight excluding hydrogens is 515 g/mol. The zero-order valence-corrected chi connectivity index (χ0v) is 22.1. The molecule has 6 nitrogen and oxygen atoms in total. The third-order valence-corrected chi connectivity index (χ3v) is 7.70. The first kappa shape index (κ1) is 28.4. The van der Waals surface area contributed by atoms with Gasteiger partial charge in [0.1, 0.15) is 5.75 Å². The standard InChI is InChI=1S/C25H31ClF3N3O3S/c1-4-36(34)23-8-7-21(26)13-20(23)15-30-24(33)18-5-6-19(22(14-18)35-25(27,28)29)16-31-9-11-32(12-10-31)17(2)3/h5-8,13-14,17H,4,9-12,15-16H2,1-3H3,(H,30,33). The fourth-order valence-corrected chi connectivity index (χ4v) is 5.22. The van der Waals surface area contributed by atoms with Crippen LogP contribution in [0.5, 0.6) is 5.75 Å². The lowest BCUT2D eigenvalue weighted by Gasteiger charge is -2.37. The highest BCUT2D eigenvalue weighted by atomic mass is 35.5. The molecule has 1 atom stereocenters. The van der Waals surface area contributed by atoms with Crippen LogP contribution in [-0.2, 0) is 23.9 Å². The summed E-state index contributed by atoms with van der Waals surface area (Å²) in [6.07, 6.45) is -4.89. The van der Waals surface area contributed by atoms with Gasteiger partial charge in [0.15, 0.2) is 0 Å². The molecule has 0 bridgehead atoms. The smallest absolute Gasteiger partial charge is 0.405 e. The van der Waals surface area contributed by atoms with E-state index in [0.29, 0.717) is 32.8 Å². The molecule has 1 saturated heterocycles. The Morgan fingerprint density at radius 2 is 1.81 bits per heavy atom. The Bertz CT molecular complexity index is 1090. The molecule has 1 aliphatic heterocycles. The number of carbonyl (C=O) groups is 1. The molecule has 1 aliphatic rings. The summed E-state index contributed by atoms with van der Waals surface area (Å²) in [7, 11) is -1.26. The maximum Gasteiger partial charge on any atom is 0.573 e. The molecule has 1 unspecified atom stereocenters. The van der Waals surface area contributed by atoms with Crippen LogP contribution in [0.3, 0.4) is 0 Å². The van der Waals surface area contributed by atoms with E-state index in [0.717, 1.165) is 32.2 Å². The predicted octanol–water partition coefficient (Wildman–Crippen LogP) is 4.82. The van der Waals surface area contributed by atoms with Crippen LogP contribution in [0.25, 0.3) is 0 Å². The number of ether oxygens (including phenoxy) is 1. The summed E-state index contributed by atoms with van der Waals surface area (Å²) in [4.78, 5) is 17.7. The van der Waals surface area contributed by atoms with Crippen LogP contribution < -0.4 is 10.1 Å². The monoisotopic (exact) mass is 545 g/mol. The number of rotatable bonds is 9. The van der Waals surface area contributed by atoms with Crippen LogP contribution in [0.2, 0.25) is 5.02 Å². The highest BCUT2D eigenvalue weighted by Gasteiger charge is 2.33. The van der Waals surface area contributed by atoms with Gasteiger partial charge in [-0.3, -0.25) is 18.8 Å². The largest absolute Gasteiger partial charge is 0.573 e. The number of benzene rings is 2. The SMILES string of the molecule is CCS(=O)c1ccc(Cl)cc1CNC(=O)c1ccc(CN2CCN(C(C)C)CC2)c(OC(F)(F)F)c1. The van der Waals surface area contributed by atoms with E-state index in [-0.39, 0.29) is 18.7 Å². The van der Waals surface area contributed by atoms with E-state index in [1.54, 1.807) is 25.1 Å². The molecule has 11 heteroatoms. The van der Waals surface area contributed by atoms with Crippen LogP contribution in [0, 0.1) is 0 Å². The van der Waals surface area contributed by atoms with Gasteiger partial charge in [-0.15, -0.1) is 13.2 Å². The lowest BCUT2D eigenvalue weighted by molar-refractivity contribution is -0.275. The fraction of sp³-hybridized carbons (Fsp3) is 0.480. The molecular formula is C25H31ClF3N3O3S. The van der Waals surface area contributed by atoms with Crippen molar-refractivity contribution in [3.63, 3.8) is 0 Å². The van der Waals surface area contributed by atoms with Crippen LogP contribution in [0.4, 0.5) is 13.2 Å². The van der Waals surface area contributed by atoms with Crippen LogP contribution in [0.1, 0.15) is 42.3 Å². The number of piperazine rings is 1. The summed E-state index contributed by atoms with van der Waals surface area (Å²) >= 11 is 6.06. The molecule has 2 aromatic carbocycles. The van der Waals surface area contributed by atoms with Gasteiger partial charge in [-0.1, -0.05) is 24.6 Å². The van der Waals surface area contributed by atoms with E-state index in [2.05, 4.69) is 33.7 Å². The Kier molecular flexibility index (Phi) is 9.79. The number of hydrogen-bond acceptors (Lipinski definition) is 5. The third kappa shape index (κ3) is 7.93. The predicted molar refractivity (Wildman–Crippen MR) is 135 cm³/mol. The van der Waals surface area contributed by atoms with Gasteiger partial charge >= 0.3 is 6.36 Å². The fourth-order valence-electron chi connectivity index (χ4n) is 4.07. The number of halogens is 4. The summed E-state index contributed by atoms with van der Waals surface area (Å²) in [5.41, 5.74) is 0.972. The second-order valence-corrected chi connectivity index (χ2v) is 11.0. The lowest BCUT2D eigenvalue weighted by Crippen LogP contribution is -2.48. The van der Waals surface area contributed by atoms with Crippen molar-refractivity contribution in [2.75, 3.05) is 31.9 Å². The number of alkyl halides is 3. The van der Waals surface area contributed by atoms with Gasteiger partial charge < -0.3 is 10.1 Å². The summed E-state index contributed by atoms with van der Waals surface area (Å²) in [5.74, 6) is -0.571. The second kappa shape index (κ2) is 12.4. The minimum absolute atomic E-state index is 0.0256. The molecule has 1 fully saturated rings. The third-order valence-electron chi connectivity index (χ3n) is 6.06. The molecule has 36 heavy (non-hydrogen) atoms. The molecule has 1 amide bonds. The van der Waals surface area contributed by atoms with E-state index in [1.807, 2.05) is 0 Å². The second-order valence-electron chi connectivity index (χ2n) is 8.85. The number of hydrogen-bond donors (Lipinski definition) is 1. The van der Waals surface area contributed by atoms with Crippen molar-refractivity contribution in [1.29, 1.82) is 0 Å². The van der Waals surface area contributed by atoms with E-state index >= 15 is 0 Å². The van der Waals surface area contributed by atoms with E-state index in [9.17, 15) is 22.2 Å². The molecule has 0 saturated carbocycles. The van der Waals surface area contributed by atoms with E-state index < -0.39 is 28.8 Å². The van der Waals surface area contributed by atoms with E-state index in [1.165, 1.54) is 12.1 Å². The van der Waals surface area contributed by atoms with Gasteiger partial charge in [0, 0.05) is 72.1 Å². The Hall–Kier alpha value is -2.14.